The van der Waals surface area contributed by atoms with Gasteiger partial charge >= 0.3 is 0 Å². The Balaban J connectivity index is 1.71. The zero-order chi connectivity index (χ0) is 18.5. The van der Waals surface area contributed by atoms with E-state index < -0.39 is 0 Å². The topological polar surface area (TPSA) is 42.9 Å². The number of carbonyl (C=O) groups excluding carboxylic acids is 1. The lowest BCUT2D eigenvalue weighted by Crippen LogP contribution is -2.27. The van der Waals surface area contributed by atoms with Crippen molar-refractivity contribution in [1.29, 1.82) is 0 Å². The van der Waals surface area contributed by atoms with Crippen molar-refractivity contribution in [3.05, 3.63) is 58.9 Å². The van der Waals surface area contributed by atoms with Gasteiger partial charge in [-0.25, -0.2) is 9.97 Å². The van der Waals surface area contributed by atoms with Crippen molar-refractivity contribution in [2.45, 2.75) is 40.5 Å². The number of hydrogen-bond acceptors (Lipinski definition) is 4. The Bertz CT molecular complexity index is 996. The van der Waals surface area contributed by atoms with E-state index in [1.54, 1.807) is 11.3 Å². The van der Waals surface area contributed by atoms with Crippen molar-refractivity contribution in [1.82, 2.24) is 9.97 Å². The van der Waals surface area contributed by atoms with E-state index in [2.05, 4.69) is 50.9 Å². The summed E-state index contributed by atoms with van der Waals surface area (Å²) in [6.07, 6.45) is 3.34. The molecule has 3 nitrogen and oxygen atoms in total. The molecule has 2 heterocycles. The lowest BCUT2D eigenvalue weighted by molar-refractivity contribution is 0.0910. The third-order valence-electron chi connectivity index (χ3n) is 4.79. The standard InChI is InChI=1S/C22H22N2OS/c1-13-7-14(2)9-15(8-13)20-12-23-21(26-20)17-6-5-16-18(24-17)10-22(3,4)11-19(16)25/h5-9,12H,10-11H2,1-4H3. The molecule has 0 aliphatic heterocycles. The molecule has 1 aromatic carbocycles. The molecule has 26 heavy (non-hydrogen) atoms. The second-order valence-corrected chi connectivity index (χ2v) is 9.07. The van der Waals surface area contributed by atoms with Crippen molar-refractivity contribution in [3.63, 3.8) is 0 Å². The minimum absolute atomic E-state index is 0.0250. The fourth-order valence-electron chi connectivity index (χ4n) is 3.70. The summed E-state index contributed by atoms with van der Waals surface area (Å²) in [6, 6.07) is 10.4. The maximum atomic E-state index is 12.3. The number of ketones is 1. The first-order valence-corrected chi connectivity index (χ1v) is 9.70. The molecule has 0 atom stereocenters. The number of Topliss-reactive ketones (excluding diaryl/α,β-unsaturated/α-hetero) is 1. The van der Waals surface area contributed by atoms with Gasteiger partial charge < -0.3 is 0 Å². The van der Waals surface area contributed by atoms with E-state index in [-0.39, 0.29) is 11.2 Å². The Labute approximate surface area is 158 Å². The molecule has 0 fully saturated rings. The number of aryl methyl sites for hydroxylation is 2. The van der Waals surface area contributed by atoms with Crippen LogP contribution in [-0.2, 0) is 6.42 Å². The normalized spacial score (nSPS) is 15.8. The fraction of sp³-hybridized carbons (Fsp3) is 0.318. The lowest BCUT2D eigenvalue weighted by atomic mass is 9.75. The number of nitrogens with zero attached hydrogens (tertiary/aromatic N) is 2. The molecule has 0 saturated heterocycles. The predicted octanol–water partition coefficient (Wildman–Crippen LogP) is 5.64. The summed E-state index contributed by atoms with van der Waals surface area (Å²) < 4.78 is 0. The Morgan fingerprint density at radius 1 is 1.04 bits per heavy atom. The van der Waals surface area contributed by atoms with E-state index in [1.807, 2.05) is 18.3 Å². The number of carbonyl (C=O) groups is 1. The minimum Gasteiger partial charge on any atom is -0.294 e. The van der Waals surface area contributed by atoms with Gasteiger partial charge in [0, 0.05) is 18.2 Å². The van der Waals surface area contributed by atoms with Gasteiger partial charge in [0.1, 0.15) is 5.01 Å². The largest absolute Gasteiger partial charge is 0.294 e. The lowest BCUT2D eigenvalue weighted by Gasteiger charge is -2.29. The van der Waals surface area contributed by atoms with Gasteiger partial charge in [0.15, 0.2) is 5.78 Å². The van der Waals surface area contributed by atoms with Crippen LogP contribution in [0.25, 0.3) is 21.1 Å². The van der Waals surface area contributed by atoms with Crippen molar-refractivity contribution >= 4 is 17.1 Å². The van der Waals surface area contributed by atoms with Crippen LogP contribution in [0.1, 0.15) is 47.4 Å². The van der Waals surface area contributed by atoms with Gasteiger partial charge in [-0.1, -0.05) is 43.2 Å². The quantitative estimate of drug-likeness (QED) is 0.592. The summed E-state index contributed by atoms with van der Waals surface area (Å²) in [5.74, 6) is 0.199. The average molecular weight is 362 g/mol. The monoisotopic (exact) mass is 362 g/mol. The zero-order valence-corrected chi connectivity index (χ0v) is 16.4. The molecule has 0 bridgehead atoms. The Hall–Kier alpha value is -2.33. The van der Waals surface area contributed by atoms with Gasteiger partial charge in [-0.2, -0.15) is 0 Å². The Morgan fingerprint density at radius 3 is 2.50 bits per heavy atom. The number of pyridine rings is 1. The van der Waals surface area contributed by atoms with E-state index in [4.69, 9.17) is 4.98 Å². The molecule has 1 aliphatic rings. The van der Waals surface area contributed by atoms with Crippen LogP contribution >= 0.6 is 11.3 Å². The van der Waals surface area contributed by atoms with Crippen molar-refractivity contribution in [3.8, 4) is 21.1 Å². The molecule has 0 N–H and O–H groups in total. The van der Waals surface area contributed by atoms with Crippen LogP contribution in [0.4, 0.5) is 0 Å². The van der Waals surface area contributed by atoms with Crippen LogP contribution in [0.2, 0.25) is 0 Å². The van der Waals surface area contributed by atoms with Crippen LogP contribution in [0.15, 0.2) is 36.5 Å². The fourth-order valence-corrected chi connectivity index (χ4v) is 4.57. The Kier molecular flexibility index (Phi) is 4.03. The van der Waals surface area contributed by atoms with Crippen LogP contribution < -0.4 is 0 Å². The molecule has 1 aliphatic carbocycles. The summed E-state index contributed by atoms with van der Waals surface area (Å²) in [7, 11) is 0. The minimum atomic E-state index is -0.0250. The van der Waals surface area contributed by atoms with Gasteiger partial charge in [0.2, 0.25) is 0 Å². The van der Waals surface area contributed by atoms with Crippen molar-refractivity contribution in [2.75, 3.05) is 0 Å². The molecule has 4 rings (SSSR count). The Morgan fingerprint density at radius 2 is 1.77 bits per heavy atom. The highest BCUT2D eigenvalue weighted by Gasteiger charge is 2.32. The smallest absolute Gasteiger partial charge is 0.165 e. The maximum absolute atomic E-state index is 12.3. The first-order chi connectivity index (χ1) is 12.3. The number of benzene rings is 1. The SMILES string of the molecule is Cc1cc(C)cc(-c2cnc(-c3ccc4c(n3)CC(C)(C)CC4=O)s2)c1. The van der Waals surface area contributed by atoms with E-state index in [9.17, 15) is 4.79 Å². The average Bonchev–Trinajstić information content (AvgIpc) is 3.02. The second-order valence-electron chi connectivity index (χ2n) is 8.04. The molecule has 0 saturated carbocycles. The summed E-state index contributed by atoms with van der Waals surface area (Å²) >= 11 is 1.65. The molecule has 132 valence electrons. The molecule has 0 spiro atoms. The summed E-state index contributed by atoms with van der Waals surface area (Å²) in [5.41, 5.74) is 6.22. The third-order valence-corrected chi connectivity index (χ3v) is 5.86. The molecule has 2 aromatic heterocycles. The number of fused-ring (bicyclic) bond motifs is 1. The summed E-state index contributed by atoms with van der Waals surface area (Å²) in [5, 5.41) is 0.901. The van der Waals surface area contributed by atoms with E-state index in [0.29, 0.717) is 6.42 Å². The summed E-state index contributed by atoms with van der Waals surface area (Å²) in [6.45, 7) is 8.48. The molecule has 4 heteroatoms. The highest BCUT2D eigenvalue weighted by Crippen LogP contribution is 2.36. The van der Waals surface area contributed by atoms with E-state index >= 15 is 0 Å². The number of hydrogen-bond donors (Lipinski definition) is 0. The predicted molar refractivity (Wildman–Crippen MR) is 107 cm³/mol. The highest BCUT2D eigenvalue weighted by molar-refractivity contribution is 7.18. The van der Waals surface area contributed by atoms with Crippen LogP contribution in [0.5, 0.6) is 0 Å². The molecular weight excluding hydrogens is 340 g/mol. The number of rotatable bonds is 2. The first kappa shape index (κ1) is 17.1. The van der Waals surface area contributed by atoms with E-state index in [0.717, 1.165) is 33.3 Å². The van der Waals surface area contributed by atoms with Crippen LogP contribution in [-0.4, -0.2) is 15.8 Å². The van der Waals surface area contributed by atoms with Gasteiger partial charge in [-0.15, -0.1) is 11.3 Å². The second kappa shape index (κ2) is 6.13. The third kappa shape index (κ3) is 3.21. The van der Waals surface area contributed by atoms with E-state index in [1.165, 1.54) is 16.7 Å². The highest BCUT2D eigenvalue weighted by atomic mass is 32.1. The number of thiazole rings is 1. The van der Waals surface area contributed by atoms with Gasteiger partial charge in [-0.05, 0) is 43.4 Å². The molecule has 3 aromatic rings. The summed E-state index contributed by atoms with van der Waals surface area (Å²) in [4.78, 5) is 22.9. The number of aromatic nitrogens is 2. The molecule has 0 amide bonds. The maximum Gasteiger partial charge on any atom is 0.165 e. The zero-order valence-electron chi connectivity index (χ0n) is 15.6. The van der Waals surface area contributed by atoms with Gasteiger partial charge in [0.25, 0.3) is 0 Å². The van der Waals surface area contributed by atoms with Gasteiger partial charge in [0.05, 0.1) is 16.3 Å². The molecule has 0 unspecified atom stereocenters. The van der Waals surface area contributed by atoms with Crippen LogP contribution in [0.3, 0.4) is 0 Å². The first-order valence-electron chi connectivity index (χ1n) is 8.89. The van der Waals surface area contributed by atoms with Crippen molar-refractivity contribution in [2.24, 2.45) is 5.41 Å². The van der Waals surface area contributed by atoms with Crippen LogP contribution in [0, 0.1) is 19.3 Å². The van der Waals surface area contributed by atoms with Gasteiger partial charge in [-0.3, -0.25) is 4.79 Å². The molecular formula is C22H22N2OS. The molecule has 0 radical (unpaired) electrons. The van der Waals surface area contributed by atoms with Crippen molar-refractivity contribution < 1.29 is 4.79 Å².